The number of hydrogen-bond donors (Lipinski definition) is 2. The van der Waals surface area contributed by atoms with E-state index < -0.39 is 0 Å². The zero-order valence-corrected chi connectivity index (χ0v) is 7.53. The van der Waals surface area contributed by atoms with Crippen molar-refractivity contribution in [3.05, 3.63) is 18.0 Å². The minimum Gasteiger partial charge on any atom is -0.320 e. The molecule has 4 heteroatoms. The van der Waals surface area contributed by atoms with Crippen molar-refractivity contribution in [2.45, 2.75) is 24.4 Å². The Labute approximate surface area is 77.1 Å². The third kappa shape index (κ3) is 1.02. The van der Waals surface area contributed by atoms with Gasteiger partial charge in [0.15, 0.2) is 0 Å². The molecule has 3 N–H and O–H groups in total. The van der Waals surface area contributed by atoms with Crippen molar-refractivity contribution in [1.82, 2.24) is 15.1 Å². The summed E-state index contributed by atoms with van der Waals surface area (Å²) < 4.78 is 2.10. The van der Waals surface area contributed by atoms with Crippen LogP contribution in [0.25, 0.3) is 0 Å². The van der Waals surface area contributed by atoms with Crippen LogP contribution in [0.1, 0.15) is 24.6 Å². The van der Waals surface area contributed by atoms with E-state index in [1.807, 2.05) is 6.20 Å². The summed E-state index contributed by atoms with van der Waals surface area (Å²) in [6, 6.07) is 2.59. The van der Waals surface area contributed by atoms with Gasteiger partial charge in [-0.2, -0.15) is 5.10 Å². The largest absolute Gasteiger partial charge is 0.320 e. The van der Waals surface area contributed by atoms with Crippen LogP contribution in [0.4, 0.5) is 0 Å². The summed E-state index contributed by atoms with van der Waals surface area (Å²) in [5.74, 6) is 0. The molecule has 0 bridgehead atoms. The summed E-state index contributed by atoms with van der Waals surface area (Å²) in [4.78, 5) is 0. The van der Waals surface area contributed by atoms with Crippen molar-refractivity contribution in [1.29, 1.82) is 0 Å². The van der Waals surface area contributed by atoms with Gasteiger partial charge >= 0.3 is 0 Å². The SMILES string of the molecule is NC1(c2ccnn2C2CNC2)CC1. The fourth-order valence-electron chi connectivity index (χ4n) is 1.84. The number of nitrogens with two attached hydrogens (primary N) is 1. The molecular formula is C9H14N4. The molecule has 2 heterocycles. The van der Waals surface area contributed by atoms with Gasteiger partial charge in [0.05, 0.1) is 17.3 Å². The van der Waals surface area contributed by atoms with Crippen LogP contribution in [-0.4, -0.2) is 22.9 Å². The number of rotatable bonds is 2. The van der Waals surface area contributed by atoms with E-state index in [0.717, 1.165) is 25.9 Å². The van der Waals surface area contributed by atoms with E-state index in [2.05, 4.69) is 21.2 Å². The van der Waals surface area contributed by atoms with Crippen molar-refractivity contribution < 1.29 is 0 Å². The van der Waals surface area contributed by atoms with E-state index in [9.17, 15) is 0 Å². The van der Waals surface area contributed by atoms with Gasteiger partial charge in [-0.3, -0.25) is 4.68 Å². The van der Waals surface area contributed by atoms with Gasteiger partial charge in [0.25, 0.3) is 0 Å². The van der Waals surface area contributed by atoms with Crippen LogP contribution in [0.3, 0.4) is 0 Å². The van der Waals surface area contributed by atoms with Gasteiger partial charge in [0, 0.05) is 19.3 Å². The van der Waals surface area contributed by atoms with E-state index in [-0.39, 0.29) is 5.54 Å². The van der Waals surface area contributed by atoms with Gasteiger partial charge in [-0.15, -0.1) is 0 Å². The average Bonchev–Trinajstić information content (AvgIpc) is 2.60. The fourth-order valence-corrected chi connectivity index (χ4v) is 1.84. The Morgan fingerprint density at radius 2 is 2.31 bits per heavy atom. The molecule has 1 aliphatic carbocycles. The first-order valence-electron chi connectivity index (χ1n) is 4.83. The monoisotopic (exact) mass is 178 g/mol. The molecule has 1 saturated carbocycles. The van der Waals surface area contributed by atoms with Crippen LogP contribution in [-0.2, 0) is 5.54 Å². The molecule has 0 amide bonds. The van der Waals surface area contributed by atoms with Crippen LogP contribution >= 0.6 is 0 Å². The van der Waals surface area contributed by atoms with Crippen LogP contribution in [0.5, 0.6) is 0 Å². The van der Waals surface area contributed by atoms with E-state index in [4.69, 9.17) is 5.73 Å². The molecule has 1 saturated heterocycles. The minimum atomic E-state index is -0.0495. The zero-order valence-electron chi connectivity index (χ0n) is 7.53. The Hall–Kier alpha value is -0.870. The van der Waals surface area contributed by atoms with E-state index in [1.165, 1.54) is 5.69 Å². The topological polar surface area (TPSA) is 55.9 Å². The number of nitrogens with zero attached hydrogens (tertiary/aromatic N) is 2. The van der Waals surface area contributed by atoms with Gasteiger partial charge in [-0.05, 0) is 18.9 Å². The first-order valence-corrected chi connectivity index (χ1v) is 4.83. The van der Waals surface area contributed by atoms with Crippen molar-refractivity contribution in [2.24, 2.45) is 5.73 Å². The van der Waals surface area contributed by atoms with E-state index in [1.54, 1.807) is 0 Å². The first kappa shape index (κ1) is 7.53. The molecule has 0 radical (unpaired) electrons. The van der Waals surface area contributed by atoms with E-state index >= 15 is 0 Å². The maximum Gasteiger partial charge on any atom is 0.0771 e. The summed E-state index contributed by atoms with van der Waals surface area (Å²) in [6.07, 6.45) is 4.08. The Morgan fingerprint density at radius 3 is 2.85 bits per heavy atom. The first-order chi connectivity index (χ1) is 6.30. The lowest BCUT2D eigenvalue weighted by Gasteiger charge is -2.30. The Bertz CT molecular complexity index is 322. The quantitative estimate of drug-likeness (QED) is 0.669. The highest BCUT2D eigenvalue weighted by atomic mass is 15.3. The molecule has 3 rings (SSSR count). The Balaban J connectivity index is 1.95. The summed E-state index contributed by atoms with van der Waals surface area (Å²) >= 11 is 0. The van der Waals surface area contributed by atoms with Crippen molar-refractivity contribution in [3.63, 3.8) is 0 Å². The highest BCUT2D eigenvalue weighted by Crippen LogP contribution is 2.43. The van der Waals surface area contributed by atoms with Crippen LogP contribution in [0.2, 0.25) is 0 Å². The molecule has 1 aliphatic heterocycles. The molecule has 0 atom stereocenters. The smallest absolute Gasteiger partial charge is 0.0771 e. The maximum atomic E-state index is 6.15. The van der Waals surface area contributed by atoms with Gasteiger partial charge < -0.3 is 11.1 Å². The van der Waals surface area contributed by atoms with Gasteiger partial charge in [0.1, 0.15) is 0 Å². The third-order valence-corrected chi connectivity index (χ3v) is 3.07. The lowest BCUT2D eigenvalue weighted by Crippen LogP contribution is -2.45. The molecule has 1 aromatic rings. The lowest BCUT2D eigenvalue weighted by molar-refractivity contribution is 0.304. The second-order valence-electron chi connectivity index (χ2n) is 4.13. The summed E-state index contributed by atoms with van der Waals surface area (Å²) in [5, 5.41) is 7.59. The molecule has 0 aromatic carbocycles. The predicted octanol–water partition coefficient (Wildman–Crippen LogP) is -0.0248. The highest BCUT2D eigenvalue weighted by molar-refractivity contribution is 5.22. The number of nitrogens with one attached hydrogen (secondary N) is 1. The molecule has 2 fully saturated rings. The summed E-state index contributed by atoms with van der Waals surface area (Å²) in [7, 11) is 0. The normalized spacial score (nSPS) is 25.6. The molecule has 1 aromatic heterocycles. The molecule has 4 nitrogen and oxygen atoms in total. The highest BCUT2D eigenvalue weighted by Gasteiger charge is 2.43. The molecule has 70 valence electrons. The molecule has 2 aliphatic rings. The van der Waals surface area contributed by atoms with Crippen molar-refractivity contribution >= 4 is 0 Å². The summed E-state index contributed by atoms with van der Waals surface area (Å²) in [5.41, 5.74) is 7.32. The van der Waals surface area contributed by atoms with Crippen LogP contribution < -0.4 is 11.1 Å². The van der Waals surface area contributed by atoms with Crippen molar-refractivity contribution in [2.75, 3.05) is 13.1 Å². The minimum absolute atomic E-state index is 0.0495. The maximum absolute atomic E-state index is 6.15. The number of hydrogen-bond acceptors (Lipinski definition) is 3. The average molecular weight is 178 g/mol. The van der Waals surface area contributed by atoms with E-state index in [0.29, 0.717) is 6.04 Å². The van der Waals surface area contributed by atoms with Gasteiger partial charge in [0.2, 0.25) is 0 Å². The predicted molar refractivity (Wildman–Crippen MR) is 49.2 cm³/mol. The summed E-state index contributed by atoms with van der Waals surface area (Å²) in [6.45, 7) is 2.06. The number of aromatic nitrogens is 2. The standard InChI is InChI=1S/C9H14N4/c10-9(2-3-9)8-1-4-12-13(8)7-5-11-6-7/h1,4,7,11H,2-3,5-6,10H2. The van der Waals surface area contributed by atoms with Crippen LogP contribution in [0, 0.1) is 0 Å². The second kappa shape index (κ2) is 2.33. The fraction of sp³-hybridized carbons (Fsp3) is 0.667. The van der Waals surface area contributed by atoms with Crippen LogP contribution in [0.15, 0.2) is 12.3 Å². The Kier molecular flexibility index (Phi) is 1.35. The molecule has 13 heavy (non-hydrogen) atoms. The third-order valence-electron chi connectivity index (χ3n) is 3.07. The lowest BCUT2D eigenvalue weighted by atomic mass is 10.1. The van der Waals surface area contributed by atoms with Gasteiger partial charge in [-0.25, -0.2) is 0 Å². The zero-order chi connectivity index (χ0) is 8.89. The Morgan fingerprint density at radius 1 is 1.54 bits per heavy atom. The molecular weight excluding hydrogens is 164 g/mol. The van der Waals surface area contributed by atoms with Crippen molar-refractivity contribution in [3.8, 4) is 0 Å². The molecule has 0 spiro atoms. The second-order valence-corrected chi connectivity index (χ2v) is 4.13. The molecule has 0 unspecified atom stereocenters. The van der Waals surface area contributed by atoms with Gasteiger partial charge in [-0.1, -0.05) is 0 Å².